The van der Waals surface area contributed by atoms with Gasteiger partial charge in [0.2, 0.25) is 0 Å². The van der Waals surface area contributed by atoms with Crippen LogP contribution < -0.4 is 4.74 Å². The Morgan fingerprint density at radius 3 is 2.59 bits per heavy atom. The molecule has 0 aliphatic rings. The minimum absolute atomic E-state index is 0.00279. The van der Waals surface area contributed by atoms with E-state index in [1.807, 2.05) is 0 Å². The Bertz CT molecular complexity index is 1580. The molecule has 8 nitrogen and oxygen atoms in total. The van der Waals surface area contributed by atoms with E-state index in [4.69, 9.17) is 20.9 Å². The third-order valence-corrected chi connectivity index (χ3v) is 6.73. The minimum Gasteiger partial charge on any atom is -0.489 e. The molecule has 0 aliphatic heterocycles. The highest BCUT2D eigenvalue weighted by atomic mass is 35.5. The lowest BCUT2D eigenvalue weighted by molar-refractivity contribution is -0.0185. The van der Waals surface area contributed by atoms with Crippen molar-refractivity contribution in [3.05, 3.63) is 112 Å². The first-order valence-electron chi connectivity index (χ1n) is 11.8. The van der Waals surface area contributed by atoms with Gasteiger partial charge in [-0.1, -0.05) is 41.9 Å². The summed E-state index contributed by atoms with van der Waals surface area (Å²) in [5.74, 6) is -2.33. The van der Waals surface area contributed by atoms with Crippen molar-refractivity contribution in [2.24, 2.45) is 0 Å². The first kappa shape index (κ1) is 26.4. The number of nitrogens with zero attached hydrogens (tertiary/aromatic N) is 5. The molecule has 0 bridgehead atoms. The maximum atomic E-state index is 14.8. The molecule has 0 fully saturated rings. The van der Waals surface area contributed by atoms with E-state index in [1.54, 1.807) is 49.4 Å². The topological polar surface area (TPSA) is 99.1 Å². The van der Waals surface area contributed by atoms with Crippen molar-refractivity contribution in [2.45, 2.75) is 31.6 Å². The number of benzene rings is 3. The first-order valence-corrected chi connectivity index (χ1v) is 12.1. The summed E-state index contributed by atoms with van der Waals surface area (Å²) in [6, 6.07) is 16.1. The third kappa shape index (κ3) is 5.50. The van der Waals surface area contributed by atoms with Crippen molar-refractivity contribution in [1.29, 1.82) is 0 Å². The van der Waals surface area contributed by atoms with Crippen molar-refractivity contribution >= 4 is 11.6 Å². The molecule has 0 unspecified atom stereocenters. The highest BCUT2D eigenvalue weighted by Gasteiger charge is 2.42. The lowest BCUT2D eigenvalue weighted by atomic mass is 9.80. The van der Waals surface area contributed by atoms with Gasteiger partial charge in [0.15, 0.2) is 0 Å². The van der Waals surface area contributed by atoms with E-state index >= 15 is 0 Å². The van der Waals surface area contributed by atoms with Gasteiger partial charge >= 0.3 is 0 Å². The summed E-state index contributed by atoms with van der Waals surface area (Å²) in [7, 11) is 0. The Morgan fingerprint density at radius 1 is 1.08 bits per heavy atom. The van der Waals surface area contributed by atoms with Crippen molar-refractivity contribution in [1.82, 2.24) is 25.4 Å². The van der Waals surface area contributed by atoms with Gasteiger partial charge < -0.3 is 14.4 Å². The minimum atomic E-state index is -1.92. The molecule has 2 atom stereocenters. The van der Waals surface area contributed by atoms with Gasteiger partial charge in [0.25, 0.3) is 0 Å². The zero-order chi connectivity index (χ0) is 27.6. The molecule has 5 rings (SSSR count). The van der Waals surface area contributed by atoms with Gasteiger partial charge in [0.05, 0.1) is 17.5 Å². The van der Waals surface area contributed by atoms with Crippen molar-refractivity contribution in [3.8, 4) is 17.0 Å². The fraction of sp³-hybridized carbons (Fsp3) is 0.185. The molecule has 0 saturated carbocycles. The predicted octanol–water partition coefficient (Wildman–Crippen LogP) is 5.67. The lowest BCUT2D eigenvalue weighted by Gasteiger charge is -2.33. The van der Waals surface area contributed by atoms with Gasteiger partial charge in [-0.2, -0.15) is 0 Å². The normalized spacial score (nSPS) is 13.7. The average molecular weight is 556 g/mol. The molecule has 200 valence electrons. The van der Waals surface area contributed by atoms with Gasteiger partial charge in [-0.25, -0.2) is 17.9 Å². The van der Waals surface area contributed by atoms with Crippen LogP contribution in [0.25, 0.3) is 11.3 Å². The zero-order valence-electron chi connectivity index (χ0n) is 20.4. The van der Waals surface area contributed by atoms with Crippen molar-refractivity contribution < 1.29 is 27.5 Å². The SMILES string of the molecule is C[C@@H](c1cc(-c2ccc(OCc3cccc(Cl)c3F)cc2)no1)[C@](O)(Cn1cnnn1)c1ccc(F)cc1F. The highest BCUT2D eigenvalue weighted by Crippen LogP contribution is 2.40. The molecular formula is C27H21ClF3N5O3. The van der Waals surface area contributed by atoms with Crippen LogP contribution in [0.15, 0.2) is 77.6 Å². The lowest BCUT2D eigenvalue weighted by Crippen LogP contribution is -2.38. The molecule has 12 heteroatoms. The molecule has 0 spiro atoms. The van der Waals surface area contributed by atoms with Gasteiger partial charge in [-0.15, -0.1) is 5.10 Å². The quantitative estimate of drug-likeness (QED) is 0.250. The standard InChI is InChI=1S/C27H21ClF3N5O3/c1-16(27(37,14-36-15-32-34-35-36)21-10-7-19(29)11-23(21)30)25-12-24(33-39-25)17-5-8-20(9-6-17)38-13-18-3-2-4-22(28)26(18)31/h2-12,15-16,37H,13-14H2,1H3/t16-,27+/m0/s1. The molecule has 0 saturated heterocycles. The Hall–Kier alpha value is -4.22. The number of hydrogen-bond acceptors (Lipinski definition) is 7. The van der Waals surface area contributed by atoms with Crippen LogP contribution in [0.1, 0.15) is 29.7 Å². The van der Waals surface area contributed by atoms with Crippen LogP contribution >= 0.6 is 11.6 Å². The largest absolute Gasteiger partial charge is 0.489 e. The van der Waals surface area contributed by atoms with Crippen molar-refractivity contribution in [3.63, 3.8) is 0 Å². The van der Waals surface area contributed by atoms with E-state index < -0.39 is 29.0 Å². The second-order valence-electron chi connectivity index (χ2n) is 8.92. The second-order valence-corrected chi connectivity index (χ2v) is 9.33. The maximum Gasteiger partial charge on any atom is 0.148 e. The van der Waals surface area contributed by atoms with Crippen molar-refractivity contribution in [2.75, 3.05) is 0 Å². The van der Waals surface area contributed by atoms with E-state index in [1.165, 1.54) is 23.1 Å². The molecule has 0 aliphatic carbocycles. The molecule has 2 aromatic heterocycles. The van der Waals surface area contributed by atoms with Crippen LogP contribution in [0.4, 0.5) is 13.2 Å². The molecule has 39 heavy (non-hydrogen) atoms. The Morgan fingerprint density at radius 2 is 1.87 bits per heavy atom. The first-order chi connectivity index (χ1) is 18.7. The molecule has 0 radical (unpaired) electrons. The third-order valence-electron chi connectivity index (χ3n) is 6.44. The number of aliphatic hydroxyl groups is 1. The zero-order valence-corrected chi connectivity index (χ0v) is 21.2. The van der Waals surface area contributed by atoms with Gasteiger partial charge in [-0.3, -0.25) is 0 Å². The Labute approximate surface area is 225 Å². The van der Waals surface area contributed by atoms with Crippen LogP contribution in [0.3, 0.4) is 0 Å². The summed E-state index contributed by atoms with van der Waals surface area (Å²) in [4.78, 5) is 0. The molecule has 2 heterocycles. The summed E-state index contributed by atoms with van der Waals surface area (Å²) in [5.41, 5.74) is -0.614. The van der Waals surface area contributed by atoms with E-state index in [2.05, 4.69) is 20.7 Å². The van der Waals surface area contributed by atoms with Gasteiger partial charge in [0.1, 0.15) is 53.2 Å². The van der Waals surface area contributed by atoms with E-state index in [0.717, 1.165) is 6.07 Å². The van der Waals surface area contributed by atoms with Crippen LogP contribution in [-0.2, 0) is 18.8 Å². The molecule has 5 aromatic rings. The maximum absolute atomic E-state index is 14.8. The molecule has 3 aromatic carbocycles. The van der Waals surface area contributed by atoms with Crippen LogP contribution in [-0.4, -0.2) is 30.5 Å². The number of rotatable bonds is 9. The fourth-order valence-corrected chi connectivity index (χ4v) is 4.40. The molecule has 0 amide bonds. The fourth-order valence-electron chi connectivity index (χ4n) is 4.20. The predicted molar refractivity (Wildman–Crippen MR) is 134 cm³/mol. The van der Waals surface area contributed by atoms with Gasteiger partial charge in [-0.05, 0) is 46.8 Å². The molecule has 1 N–H and O–H groups in total. The summed E-state index contributed by atoms with van der Waals surface area (Å²) in [5, 5.41) is 26.7. The summed E-state index contributed by atoms with van der Waals surface area (Å²) in [6.07, 6.45) is 1.27. The summed E-state index contributed by atoms with van der Waals surface area (Å²) >= 11 is 5.81. The Kier molecular flexibility index (Phi) is 7.36. The second kappa shape index (κ2) is 10.9. The van der Waals surface area contributed by atoms with Crippen LogP contribution in [0.5, 0.6) is 5.75 Å². The highest BCUT2D eigenvalue weighted by molar-refractivity contribution is 6.30. The average Bonchev–Trinajstić information content (AvgIpc) is 3.62. The van der Waals surface area contributed by atoms with Crippen LogP contribution in [0.2, 0.25) is 5.02 Å². The van der Waals surface area contributed by atoms with Gasteiger partial charge in [0, 0.05) is 28.8 Å². The van der Waals surface area contributed by atoms with E-state index in [0.29, 0.717) is 28.6 Å². The number of hydrogen-bond donors (Lipinski definition) is 1. The number of tetrazole rings is 1. The smallest absolute Gasteiger partial charge is 0.148 e. The number of aromatic nitrogens is 5. The number of halogens is 4. The summed E-state index contributed by atoms with van der Waals surface area (Å²) < 4.78 is 55.0. The monoisotopic (exact) mass is 555 g/mol. The van der Waals surface area contributed by atoms with E-state index in [9.17, 15) is 18.3 Å². The van der Waals surface area contributed by atoms with E-state index in [-0.39, 0.29) is 29.5 Å². The number of ether oxygens (including phenoxy) is 1. The molecular weight excluding hydrogens is 535 g/mol. The Balaban J connectivity index is 1.36. The summed E-state index contributed by atoms with van der Waals surface area (Å²) in [6.45, 7) is 1.39. The van der Waals surface area contributed by atoms with Crippen LogP contribution in [0, 0.1) is 17.5 Å².